The third-order valence-electron chi connectivity index (χ3n) is 14.0. The summed E-state index contributed by atoms with van der Waals surface area (Å²) in [5.41, 5.74) is 7.92. The van der Waals surface area contributed by atoms with Crippen molar-refractivity contribution in [2.75, 3.05) is 65.7 Å². The van der Waals surface area contributed by atoms with E-state index in [4.69, 9.17) is 32.7 Å². The quantitative estimate of drug-likeness (QED) is 0.145. The summed E-state index contributed by atoms with van der Waals surface area (Å²) in [5, 5.41) is 0. The van der Waals surface area contributed by atoms with Crippen LogP contribution < -0.4 is 9.44 Å². The number of hydrogen-bond donors (Lipinski definition) is 2. The number of thiophene rings is 2. The van der Waals surface area contributed by atoms with E-state index in [9.17, 15) is 16.8 Å². The van der Waals surface area contributed by atoms with Gasteiger partial charge in [-0.3, -0.25) is 9.80 Å². The zero-order valence-electron chi connectivity index (χ0n) is 36.0. The Morgan fingerprint density at radius 3 is 1.28 bits per heavy atom. The fraction of sp³-hybridized carbons (Fsp3) is 0.500. The lowest BCUT2D eigenvalue weighted by Gasteiger charge is -2.25. The molecule has 0 radical (unpaired) electrons. The highest BCUT2D eigenvalue weighted by Gasteiger charge is 2.43. The second kappa shape index (κ2) is 20.8. The number of morpholine rings is 2. The molecule has 0 amide bonds. The van der Waals surface area contributed by atoms with Gasteiger partial charge in [0.2, 0.25) is 20.0 Å². The highest BCUT2D eigenvalue weighted by atomic mass is 35.5. The molecule has 4 aromatic rings. The molecular formula is C48H58Cl2N4O6S4. The molecule has 2 N–H and O–H groups in total. The van der Waals surface area contributed by atoms with Gasteiger partial charge < -0.3 is 9.47 Å². The summed E-state index contributed by atoms with van der Waals surface area (Å²) in [4.78, 5) is 4.81. The van der Waals surface area contributed by atoms with Gasteiger partial charge in [0, 0.05) is 51.4 Å². The van der Waals surface area contributed by atoms with Crippen LogP contribution in [0.25, 0.3) is 12.2 Å². The first-order chi connectivity index (χ1) is 31.0. The maximum atomic E-state index is 12.9. The van der Waals surface area contributed by atoms with Gasteiger partial charge in [-0.15, -0.1) is 22.7 Å². The average molecular weight is 986 g/mol. The monoisotopic (exact) mass is 984 g/mol. The van der Waals surface area contributed by atoms with E-state index in [0.717, 1.165) is 140 Å². The van der Waals surface area contributed by atoms with Crippen molar-refractivity contribution in [1.29, 1.82) is 0 Å². The van der Waals surface area contributed by atoms with Gasteiger partial charge in [0.05, 0.1) is 35.1 Å². The molecule has 4 fully saturated rings. The first-order valence-corrected chi connectivity index (χ1v) is 28.0. The lowest BCUT2D eigenvalue weighted by Crippen LogP contribution is -2.41. The number of sulfonamides is 2. The van der Waals surface area contributed by atoms with Crippen molar-refractivity contribution >= 4 is 78.1 Å². The lowest BCUT2D eigenvalue weighted by molar-refractivity contribution is 0.0434. The van der Waals surface area contributed by atoms with Gasteiger partial charge in [-0.1, -0.05) is 83.9 Å². The standard InChI is InChI=1S/2C24H29ClN2O3S2/c2*25-22-7-8-23(31-22)32(28,29)26-24-19-5-6-20(24)16-21-14-17(3-4-18(21)15-19)2-1-9-27-10-12-30-13-11-27/h2*1-4,7-8,14,19-20,24,26H,5-6,9-13,15-16H2/b2*2-1+/t2*19-,20+,24+/m10/s1. The van der Waals surface area contributed by atoms with Gasteiger partial charge in [-0.2, -0.15) is 0 Å². The van der Waals surface area contributed by atoms with Crippen LogP contribution >= 0.6 is 45.9 Å². The van der Waals surface area contributed by atoms with Crippen LogP contribution in [0.1, 0.15) is 59.1 Å². The summed E-state index contributed by atoms with van der Waals surface area (Å²) in [6.45, 7) is 9.14. The smallest absolute Gasteiger partial charge is 0.250 e. The number of rotatable bonds is 12. The maximum absolute atomic E-state index is 12.9. The zero-order valence-corrected chi connectivity index (χ0v) is 40.8. The van der Waals surface area contributed by atoms with Gasteiger partial charge in [0.25, 0.3) is 0 Å². The highest BCUT2D eigenvalue weighted by molar-refractivity contribution is 7.92. The van der Waals surface area contributed by atoms with Crippen LogP contribution in [0.2, 0.25) is 8.67 Å². The maximum Gasteiger partial charge on any atom is 0.250 e. The van der Waals surface area contributed by atoms with Gasteiger partial charge in [0.1, 0.15) is 8.42 Å². The molecular weight excluding hydrogens is 928 g/mol. The topological polar surface area (TPSA) is 117 Å². The first kappa shape index (κ1) is 46.7. The molecule has 2 saturated carbocycles. The fourth-order valence-electron chi connectivity index (χ4n) is 10.7. The largest absolute Gasteiger partial charge is 0.379 e. The molecule has 2 aliphatic heterocycles. The number of benzene rings is 2. The third kappa shape index (κ3) is 11.4. The van der Waals surface area contributed by atoms with Gasteiger partial charge in [0.15, 0.2) is 0 Å². The zero-order chi connectivity index (χ0) is 44.3. The molecule has 4 aliphatic carbocycles. The van der Waals surface area contributed by atoms with E-state index >= 15 is 0 Å². The van der Waals surface area contributed by atoms with Gasteiger partial charge >= 0.3 is 0 Å². The van der Waals surface area contributed by atoms with Gasteiger partial charge in [-0.25, -0.2) is 26.3 Å². The second-order valence-electron chi connectivity index (χ2n) is 18.1. The number of nitrogens with one attached hydrogen (secondary N) is 2. The van der Waals surface area contributed by atoms with E-state index in [0.29, 0.717) is 40.8 Å². The molecule has 344 valence electrons. The molecule has 0 unspecified atom stereocenters. The van der Waals surface area contributed by atoms with E-state index in [-0.39, 0.29) is 12.1 Å². The predicted octanol–water partition coefficient (Wildman–Crippen LogP) is 8.44. The average Bonchev–Trinajstić information content (AvgIpc) is 4.05. The summed E-state index contributed by atoms with van der Waals surface area (Å²) in [7, 11) is -7.08. The van der Waals surface area contributed by atoms with Crippen LogP contribution in [0.15, 0.2) is 81.2 Å². The first-order valence-electron chi connectivity index (χ1n) is 22.7. The molecule has 2 aromatic heterocycles. The van der Waals surface area contributed by atoms with Crippen molar-refractivity contribution in [3.05, 3.63) is 115 Å². The van der Waals surface area contributed by atoms with Crippen molar-refractivity contribution in [2.24, 2.45) is 23.7 Å². The molecule has 10 nitrogen and oxygen atoms in total. The van der Waals surface area contributed by atoms with Crippen molar-refractivity contribution in [1.82, 2.24) is 19.2 Å². The van der Waals surface area contributed by atoms with Crippen molar-refractivity contribution in [3.8, 4) is 0 Å². The van der Waals surface area contributed by atoms with Crippen molar-refractivity contribution < 1.29 is 26.3 Å². The normalized spacial score (nSPS) is 26.3. The van der Waals surface area contributed by atoms with E-state index in [1.54, 1.807) is 24.3 Å². The molecule has 4 heterocycles. The number of halogens is 2. The second-order valence-corrected chi connectivity index (χ2v) is 25.4. The fourth-order valence-corrected chi connectivity index (χ4v) is 16.4. The SMILES string of the molecule is O=S(=O)(N[C@H]1[C@@H]2CC[C@H]1Cc1cc(/C=C/CN3CCOCC3)ccc1C2)c1ccc(Cl)s1.O=S(=O)(N[C@H]1[C@@H]2CC[C@H]1Cc1ccc(/C=C/CN3CCOCC3)cc1C2)c1ccc(Cl)s1. The molecule has 10 rings (SSSR count). The summed E-state index contributed by atoms with van der Waals surface area (Å²) in [6, 6.07) is 19.9. The Bertz CT molecular complexity index is 2360. The minimum absolute atomic E-state index is 0.0198. The Hall–Kier alpha value is -2.44. The summed E-state index contributed by atoms with van der Waals surface area (Å²) in [6.07, 6.45) is 16.9. The Morgan fingerprint density at radius 1 is 0.547 bits per heavy atom. The predicted molar refractivity (Wildman–Crippen MR) is 260 cm³/mol. The van der Waals surface area contributed by atoms with Crippen LogP contribution in [0.3, 0.4) is 0 Å². The Labute approximate surface area is 397 Å². The summed E-state index contributed by atoms with van der Waals surface area (Å²) in [5.74, 6) is 1.35. The van der Waals surface area contributed by atoms with Crippen LogP contribution in [0.4, 0.5) is 0 Å². The van der Waals surface area contributed by atoms with Crippen molar-refractivity contribution in [2.45, 2.75) is 71.9 Å². The number of ether oxygens (including phenoxy) is 2. The summed E-state index contributed by atoms with van der Waals surface area (Å²) < 4.78 is 70.3. The highest BCUT2D eigenvalue weighted by Crippen LogP contribution is 2.43. The van der Waals surface area contributed by atoms with E-state index in [2.05, 4.69) is 79.9 Å². The molecule has 64 heavy (non-hydrogen) atoms. The van der Waals surface area contributed by atoms with Crippen molar-refractivity contribution in [3.63, 3.8) is 0 Å². The number of hydrogen-bond acceptors (Lipinski definition) is 10. The molecule has 16 heteroatoms. The number of nitrogens with zero attached hydrogens (tertiary/aromatic N) is 2. The lowest BCUT2D eigenvalue weighted by atomic mass is 9.92. The Kier molecular flexibility index (Phi) is 15.2. The molecule has 6 aliphatic rings. The molecule has 2 aromatic carbocycles. The van der Waals surface area contributed by atoms with Gasteiger partial charge in [-0.05, 0) is 133 Å². The Morgan fingerprint density at radius 2 is 0.922 bits per heavy atom. The van der Waals surface area contributed by atoms with Crippen LogP contribution in [0, 0.1) is 23.7 Å². The van der Waals surface area contributed by atoms with E-state index in [1.807, 2.05) is 0 Å². The minimum atomic E-state index is -3.54. The minimum Gasteiger partial charge on any atom is -0.379 e. The Balaban J connectivity index is 0.000000162. The van der Waals surface area contributed by atoms with Crippen LogP contribution in [0.5, 0.6) is 0 Å². The molecule has 2 saturated heterocycles. The number of fused-ring (bicyclic) bond motifs is 6. The van der Waals surface area contributed by atoms with E-state index < -0.39 is 20.0 Å². The molecule has 4 bridgehead atoms. The van der Waals surface area contributed by atoms with Crippen LogP contribution in [-0.2, 0) is 55.2 Å². The molecule has 0 spiro atoms. The summed E-state index contributed by atoms with van der Waals surface area (Å²) >= 11 is 14.2. The third-order valence-corrected chi connectivity index (χ3v) is 20.4. The van der Waals surface area contributed by atoms with E-state index in [1.165, 1.54) is 33.4 Å². The molecule has 6 atom stereocenters. The van der Waals surface area contributed by atoms with Crippen LogP contribution in [-0.4, -0.2) is 104 Å².